The van der Waals surface area contributed by atoms with Gasteiger partial charge in [0, 0.05) is 51.7 Å². The molecule has 2 N–H and O–H groups in total. The number of nitrogens with one attached hydrogen (secondary N) is 2. The fourth-order valence-corrected chi connectivity index (χ4v) is 3.97. The Balaban J connectivity index is 0.00000512. The quantitative estimate of drug-likeness (QED) is 0.291. The second-order valence-corrected chi connectivity index (χ2v) is 9.26. The molecule has 0 aromatic heterocycles. The molecule has 9 nitrogen and oxygen atoms in total. The number of likely N-dealkylation sites (tertiary alicyclic amines) is 1. The molecule has 2 heterocycles. The summed E-state index contributed by atoms with van der Waals surface area (Å²) in [7, 11) is 1.77. The van der Waals surface area contributed by atoms with E-state index in [0.29, 0.717) is 32.8 Å². The molecule has 1 unspecified atom stereocenters. The van der Waals surface area contributed by atoms with Crippen molar-refractivity contribution in [3.8, 4) is 0 Å². The molecule has 0 aliphatic carbocycles. The number of carbonyl (C=O) groups is 2. The predicted molar refractivity (Wildman–Crippen MR) is 137 cm³/mol. The van der Waals surface area contributed by atoms with Gasteiger partial charge in [-0.2, -0.15) is 0 Å². The van der Waals surface area contributed by atoms with E-state index in [-0.39, 0.29) is 41.8 Å². The molecular weight excluding hydrogens is 525 g/mol. The number of piperidine rings is 1. The molecule has 186 valence electrons. The van der Waals surface area contributed by atoms with Crippen LogP contribution in [0.5, 0.6) is 0 Å². The van der Waals surface area contributed by atoms with Crippen LogP contribution in [0.3, 0.4) is 0 Å². The number of halogens is 1. The zero-order valence-electron chi connectivity index (χ0n) is 20.3. The minimum atomic E-state index is -0.521. The largest absolute Gasteiger partial charge is 0.444 e. The predicted octanol–water partition coefficient (Wildman–Crippen LogP) is 2.44. The van der Waals surface area contributed by atoms with Crippen molar-refractivity contribution in [1.82, 2.24) is 20.4 Å². The van der Waals surface area contributed by atoms with E-state index in [2.05, 4.69) is 27.4 Å². The summed E-state index contributed by atoms with van der Waals surface area (Å²) in [6.07, 6.45) is 3.05. The van der Waals surface area contributed by atoms with Crippen LogP contribution in [0.2, 0.25) is 0 Å². The van der Waals surface area contributed by atoms with Gasteiger partial charge in [0.2, 0.25) is 5.91 Å². The monoisotopic (exact) mass is 567 g/mol. The number of morpholine rings is 1. The first-order chi connectivity index (χ1) is 14.7. The van der Waals surface area contributed by atoms with Crippen molar-refractivity contribution in [1.29, 1.82) is 0 Å². The van der Waals surface area contributed by atoms with Gasteiger partial charge in [-0.1, -0.05) is 13.3 Å². The Morgan fingerprint density at radius 1 is 1.12 bits per heavy atom. The summed E-state index contributed by atoms with van der Waals surface area (Å²) in [6.45, 7) is 12.5. The molecule has 0 saturated carbocycles. The van der Waals surface area contributed by atoms with Gasteiger partial charge in [0.15, 0.2) is 5.96 Å². The molecule has 2 aliphatic heterocycles. The van der Waals surface area contributed by atoms with E-state index in [1.54, 1.807) is 7.05 Å². The van der Waals surface area contributed by atoms with Crippen LogP contribution in [0.25, 0.3) is 0 Å². The molecule has 10 heteroatoms. The zero-order chi connectivity index (χ0) is 22.9. The number of hydrogen-bond acceptors (Lipinski definition) is 5. The summed E-state index contributed by atoms with van der Waals surface area (Å²) in [5, 5.41) is 6.35. The summed E-state index contributed by atoms with van der Waals surface area (Å²) < 4.78 is 10.7. The third kappa shape index (κ3) is 9.68. The van der Waals surface area contributed by atoms with Crippen molar-refractivity contribution in [3.63, 3.8) is 0 Å². The van der Waals surface area contributed by atoms with Gasteiger partial charge in [-0.15, -0.1) is 24.0 Å². The number of guanidine groups is 1. The van der Waals surface area contributed by atoms with E-state index in [9.17, 15) is 9.59 Å². The lowest BCUT2D eigenvalue weighted by molar-refractivity contribution is -0.140. The van der Waals surface area contributed by atoms with Gasteiger partial charge >= 0.3 is 6.09 Å². The SMILES string of the molecule is CCCC(CNC(=NC)N1CCC(C(=O)N2CCOCC2)CC1)NC(=O)OC(C)(C)C.I. The lowest BCUT2D eigenvalue weighted by Crippen LogP contribution is -2.52. The second kappa shape index (κ2) is 14.1. The summed E-state index contributed by atoms with van der Waals surface area (Å²) >= 11 is 0. The Labute approximate surface area is 210 Å². The van der Waals surface area contributed by atoms with Gasteiger partial charge in [-0.05, 0) is 40.0 Å². The van der Waals surface area contributed by atoms with Crippen molar-refractivity contribution < 1.29 is 19.1 Å². The molecule has 2 amide bonds. The maximum Gasteiger partial charge on any atom is 0.407 e. The molecule has 32 heavy (non-hydrogen) atoms. The summed E-state index contributed by atoms with van der Waals surface area (Å²) in [6, 6.07) is -0.0444. The molecule has 2 saturated heterocycles. The summed E-state index contributed by atoms with van der Waals surface area (Å²) in [5.41, 5.74) is -0.521. The molecule has 2 aliphatic rings. The Bertz CT molecular complexity index is 612. The van der Waals surface area contributed by atoms with E-state index < -0.39 is 11.7 Å². The summed E-state index contributed by atoms with van der Waals surface area (Å²) in [4.78, 5) is 33.4. The number of carbonyl (C=O) groups excluding carboxylic acids is 2. The van der Waals surface area contributed by atoms with Crippen molar-refractivity contribution in [3.05, 3.63) is 0 Å². The number of hydrogen-bond donors (Lipinski definition) is 2. The second-order valence-electron chi connectivity index (χ2n) is 9.26. The molecule has 2 rings (SSSR count). The van der Waals surface area contributed by atoms with Crippen LogP contribution in [0.4, 0.5) is 4.79 Å². The third-order valence-electron chi connectivity index (χ3n) is 5.54. The van der Waals surface area contributed by atoms with Crippen LogP contribution in [-0.2, 0) is 14.3 Å². The molecule has 0 aromatic rings. The smallest absolute Gasteiger partial charge is 0.407 e. The van der Waals surface area contributed by atoms with Crippen LogP contribution in [0.15, 0.2) is 4.99 Å². The Hall–Kier alpha value is -1.30. The average molecular weight is 568 g/mol. The fourth-order valence-electron chi connectivity index (χ4n) is 3.97. The van der Waals surface area contributed by atoms with Crippen LogP contribution < -0.4 is 10.6 Å². The van der Waals surface area contributed by atoms with Gasteiger partial charge < -0.3 is 29.9 Å². The zero-order valence-corrected chi connectivity index (χ0v) is 22.6. The number of aliphatic imine (C=N–C) groups is 1. The minimum absolute atomic E-state index is 0. The van der Waals surface area contributed by atoms with Gasteiger partial charge in [-0.25, -0.2) is 4.79 Å². The highest BCUT2D eigenvalue weighted by Crippen LogP contribution is 2.20. The highest BCUT2D eigenvalue weighted by molar-refractivity contribution is 14.0. The van der Waals surface area contributed by atoms with Crippen molar-refractivity contribution in [2.45, 2.75) is 65.0 Å². The van der Waals surface area contributed by atoms with Crippen LogP contribution in [0.1, 0.15) is 53.4 Å². The van der Waals surface area contributed by atoms with E-state index in [4.69, 9.17) is 9.47 Å². The van der Waals surface area contributed by atoms with Gasteiger partial charge in [0.25, 0.3) is 0 Å². The van der Waals surface area contributed by atoms with E-state index in [1.807, 2.05) is 25.7 Å². The average Bonchev–Trinajstić information content (AvgIpc) is 2.73. The number of amides is 2. The Morgan fingerprint density at radius 3 is 2.28 bits per heavy atom. The van der Waals surface area contributed by atoms with Gasteiger partial charge in [0.1, 0.15) is 5.60 Å². The third-order valence-corrected chi connectivity index (χ3v) is 5.54. The topological polar surface area (TPSA) is 95.5 Å². The van der Waals surface area contributed by atoms with Crippen LogP contribution in [0, 0.1) is 5.92 Å². The van der Waals surface area contributed by atoms with Gasteiger partial charge in [0.05, 0.1) is 13.2 Å². The first-order valence-corrected chi connectivity index (χ1v) is 11.5. The van der Waals surface area contributed by atoms with Crippen molar-refractivity contribution in [2.75, 3.05) is 53.0 Å². The minimum Gasteiger partial charge on any atom is -0.444 e. The summed E-state index contributed by atoms with van der Waals surface area (Å²) in [5.74, 6) is 1.15. The van der Waals surface area contributed by atoms with E-state index in [0.717, 1.165) is 44.7 Å². The maximum atomic E-state index is 12.7. The van der Waals surface area contributed by atoms with E-state index >= 15 is 0 Å². The molecule has 2 fully saturated rings. The maximum absolute atomic E-state index is 12.7. The first kappa shape index (κ1) is 28.7. The van der Waals surface area contributed by atoms with Crippen LogP contribution >= 0.6 is 24.0 Å². The number of alkyl carbamates (subject to hydrolysis) is 1. The highest BCUT2D eigenvalue weighted by atomic mass is 127. The lowest BCUT2D eigenvalue weighted by atomic mass is 9.95. The molecule has 0 radical (unpaired) electrons. The number of nitrogens with zero attached hydrogens (tertiary/aromatic N) is 3. The van der Waals surface area contributed by atoms with Crippen molar-refractivity contribution in [2.24, 2.45) is 10.9 Å². The number of rotatable bonds is 6. The lowest BCUT2D eigenvalue weighted by Gasteiger charge is -2.37. The van der Waals surface area contributed by atoms with Crippen LogP contribution in [-0.4, -0.2) is 92.4 Å². The van der Waals surface area contributed by atoms with E-state index in [1.165, 1.54) is 0 Å². The molecular formula is C22H42IN5O4. The molecule has 0 spiro atoms. The molecule has 0 bridgehead atoms. The van der Waals surface area contributed by atoms with Crippen molar-refractivity contribution >= 4 is 41.9 Å². The molecule has 1 atom stereocenters. The van der Waals surface area contributed by atoms with Gasteiger partial charge in [-0.3, -0.25) is 9.79 Å². The standard InChI is InChI=1S/C22H41N5O4.HI/c1-6-7-18(25-21(29)31-22(2,3)4)16-24-20(23-5)27-10-8-17(9-11-27)19(28)26-12-14-30-15-13-26;/h17-18H,6-16H2,1-5H3,(H,23,24)(H,25,29);1H. The Morgan fingerprint density at radius 2 is 1.75 bits per heavy atom. The highest BCUT2D eigenvalue weighted by Gasteiger charge is 2.30. The first-order valence-electron chi connectivity index (χ1n) is 11.5. The normalized spacial score (nSPS) is 19.1. The number of ether oxygens (including phenoxy) is 2. The molecule has 0 aromatic carbocycles. The fraction of sp³-hybridized carbons (Fsp3) is 0.864. The Kier molecular flexibility index (Phi) is 12.6.